The van der Waals surface area contributed by atoms with Crippen molar-refractivity contribution in [2.75, 3.05) is 31.6 Å². The van der Waals surface area contributed by atoms with Crippen LogP contribution in [-0.4, -0.2) is 32.2 Å². The number of morpholine rings is 1. The van der Waals surface area contributed by atoms with Crippen molar-refractivity contribution in [2.45, 2.75) is 20.4 Å². The Bertz CT molecular complexity index is 643. The number of rotatable bonds is 4. The number of aryl methyl sites for hydroxylation is 1. The molecule has 1 saturated heterocycles. The second-order valence-corrected chi connectivity index (χ2v) is 6.79. The first-order valence-electron chi connectivity index (χ1n) is 7.50. The predicted molar refractivity (Wildman–Crippen MR) is 85.7 cm³/mol. The van der Waals surface area contributed by atoms with E-state index in [1.165, 1.54) is 27.2 Å². The van der Waals surface area contributed by atoms with E-state index in [1.54, 1.807) is 23.5 Å². The number of carbonyl (C=O) groups is 1. The van der Waals surface area contributed by atoms with Crippen LogP contribution in [0.2, 0.25) is 0 Å². The van der Waals surface area contributed by atoms with Gasteiger partial charge in [-0.3, -0.25) is 4.79 Å². The Morgan fingerprint density at radius 2 is 2.14 bits per heavy atom. The van der Waals surface area contributed by atoms with Gasteiger partial charge in [-0.2, -0.15) is 0 Å². The monoisotopic (exact) mass is 321 g/mol. The summed E-state index contributed by atoms with van der Waals surface area (Å²) in [4.78, 5) is 15.0. The number of nitrogens with one attached hydrogen (secondary N) is 2. The zero-order chi connectivity index (χ0) is 15.5. The van der Waals surface area contributed by atoms with Gasteiger partial charge in [0.1, 0.15) is 24.6 Å². The molecule has 0 aromatic carbocycles. The number of quaternary nitrogens is 1. The molecule has 2 aromatic rings. The van der Waals surface area contributed by atoms with Gasteiger partial charge < -0.3 is 19.4 Å². The van der Waals surface area contributed by atoms with Gasteiger partial charge in [0.05, 0.1) is 19.5 Å². The summed E-state index contributed by atoms with van der Waals surface area (Å²) in [6.45, 7) is 8.80. The van der Waals surface area contributed by atoms with Gasteiger partial charge in [-0.05, 0) is 31.5 Å². The molecule has 0 bridgehead atoms. The van der Waals surface area contributed by atoms with Crippen LogP contribution in [0.15, 0.2) is 22.8 Å². The molecular weight excluding hydrogens is 300 g/mol. The highest BCUT2D eigenvalue weighted by Crippen LogP contribution is 2.32. The maximum absolute atomic E-state index is 12.2. The summed E-state index contributed by atoms with van der Waals surface area (Å²) in [7, 11) is 0. The lowest BCUT2D eigenvalue weighted by Crippen LogP contribution is -3.12. The number of anilines is 1. The normalized spacial score (nSPS) is 15.9. The molecule has 1 aliphatic rings. The first-order chi connectivity index (χ1) is 10.6. The molecule has 0 aliphatic carbocycles. The Morgan fingerprint density at radius 1 is 1.36 bits per heavy atom. The van der Waals surface area contributed by atoms with Gasteiger partial charge in [-0.1, -0.05) is 0 Å². The van der Waals surface area contributed by atoms with E-state index in [0.29, 0.717) is 5.76 Å². The van der Waals surface area contributed by atoms with Gasteiger partial charge in [0.25, 0.3) is 5.91 Å². The third kappa shape index (κ3) is 3.24. The minimum absolute atomic E-state index is 0.190. The highest BCUT2D eigenvalue weighted by atomic mass is 32.1. The Kier molecular flexibility index (Phi) is 4.61. The molecule has 0 spiro atoms. The molecule has 0 atom stereocenters. The molecule has 0 saturated carbocycles. The number of carbonyl (C=O) groups excluding carboxylic acids is 1. The zero-order valence-corrected chi connectivity index (χ0v) is 13.7. The molecule has 6 heteroatoms. The van der Waals surface area contributed by atoms with E-state index < -0.39 is 0 Å². The maximum Gasteiger partial charge on any atom is 0.291 e. The van der Waals surface area contributed by atoms with Crippen molar-refractivity contribution in [3.63, 3.8) is 0 Å². The second-order valence-electron chi connectivity index (χ2n) is 5.56. The Balaban J connectivity index is 1.78. The third-order valence-corrected chi connectivity index (χ3v) is 5.27. The summed E-state index contributed by atoms with van der Waals surface area (Å²) in [5.74, 6) is 0.151. The number of hydrogen-bond donors (Lipinski definition) is 2. The van der Waals surface area contributed by atoms with Crippen molar-refractivity contribution in [2.24, 2.45) is 0 Å². The summed E-state index contributed by atoms with van der Waals surface area (Å²) in [5, 5.41) is 3.95. The van der Waals surface area contributed by atoms with E-state index in [0.717, 1.165) is 37.8 Å². The topological polar surface area (TPSA) is 55.9 Å². The van der Waals surface area contributed by atoms with Crippen molar-refractivity contribution in [3.05, 3.63) is 40.2 Å². The number of amides is 1. The van der Waals surface area contributed by atoms with Gasteiger partial charge in [0.2, 0.25) is 0 Å². The Hall–Kier alpha value is -1.63. The smallest absolute Gasteiger partial charge is 0.291 e. The molecule has 2 aromatic heterocycles. The van der Waals surface area contributed by atoms with E-state index in [-0.39, 0.29) is 5.91 Å². The van der Waals surface area contributed by atoms with Gasteiger partial charge in [-0.25, -0.2) is 0 Å². The van der Waals surface area contributed by atoms with Gasteiger partial charge >= 0.3 is 0 Å². The minimum Gasteiger partial charge on any atom is -0.459 e. The van der Waals surface area contributed by atoms with Crippen LogP contribution in [0.25, 0.3) is 0 Å². The Morgan fingerprint density at radius 3 is 2.82 bits per heavy atom. The van der Waals surface area contributed by atoms with Crippen molar-refractivity contribution < 1.29 is 18.8 Å². The fourth-order valence-electron chi connectivity index (χ4n) is 2.65. The second kappa shape index (κ2) is 6.64. The molecule has 2 N–H and O–H groups in total. The Labute approximate surface area is 133 Å². The van der Waals surface area contributed by atoms with Crippen LogP contribution in [0.4, 0.5) is 5.00 Å². The molecule has 118 valence electrons. The van der Waals surface area contributed by atoms with Crippen LogP contribution in [-0.2, 0) is 11.3 Å². The minimum atomic E-state index is -0.190. The SMILES string of the molecule is Cc1sc(NC(=O)c2ccco2)c(C[NH+]2CCOCC2)c1C. The van der Waals surface area contributed by atoms with Crippen LogP contribution < -0.4 is 10.2 Å². The fraction of sp³-hybridized carbons (Fsp3) is 0.438. The largest absolute Gasteiger partial charge is 0.459 e. The number of ether oxygens (including phenoxy) is 1. The lowest BCUT2D eigenvalue weighted by molar-refractivity contribution is -0.921. The van der Waals surface area contributed by atoms with E-state index in [9.17, 15) is 4.79 Å². The molecule has 1 fully saturated rings. The summed E-state index contributed by atoms with van der Waals surface area (Å²) in [6.07, 6.45) is 1.51. The summed E-state index contributed by atoms with van der Waals surface area (Å²) in [5.41, 5.74) is 2.51. The van der Waals surface area contributed by atoms with Gasteiger partial charge in [0.15, 0.2) is 5.76 Å². The molecule has 3 heterocycles. The number of furan rings is 1. The molecule has 3 rings (SSSR count). The highest BCUT2D eigenvalue weighted by molar-refractivity contribution is 7.16. The molecule has 22 heavy (non-hydrogen) atoms. The van der Waals surface area contributed by atoms with Crippen molar-refractivity contribution in [1.29, 1.82) is 0 Å². The lowest BCUT2D eigenvalue weighted by atomic mass is 10.1. The zero-order valence-electron chi connectivity index (χ0n) is 12.9. The van der Waals surface area contributed by atoms with Crippen LogP contribution in [0.3, 0.4) is 0 Å². The van der Waals surface area contributed by atoms with E-state index in [2.05, 4.69) is 19.2 Å². The highest BCUT2D eigenvalue weighted by Gasteiger charge is 2.22. The molecule has 1 aliphatic heterocycles. The first kappa shape index (κ1) is 15.3. The summed E-state index contributed by atoms with van der Waals surface area (Å²) < 4.78 is 10.6. The fourth-order valence-corrected chi connectivity index (χ4v) is 3.72. The average molecular weight is 321 g/mol. The first-order valence-corrected chi connectivity index (χ1v) is 8.32. The summed E-state index contributed by atoms with van der Waals surface area (Å²) >= 11 is 1.64. The molecule has 0 unspecified atom stereocenters. The standard InChI is InChI=1S/C16H20N2O3S/c1-11-12(2)22-16(17-15(19)14-4-3-7-21-14)13(11)10-18-5-8-20-9-6-18/h3-4,7H,5-6,8-10H2,1-2H3,(H,17,19)/p+1. The van der Waals surface area contributed by atoms with Gasteiger partial charge in [0, 0.05) is 10.4 Å². The van der Waals surface area contributed by atoms with Crippen LogP contribution in [0.5, 0.6) is 0 Å². The van der Waals surface area contributed by atoms with Crippen molar-refractivity contribution >= 4 is 22.2 Å². The van der Waals surface area contributed by atoms with E-state index in [1.807, 2.05) is 0 Å². The van der Waals surface area contributed by atoms with Gasteiger partial charge in [-0.15, -0.1) is 11.3 Å². The van der Waals surface area contributed by atoms with E-state index in [4.69, 9.17) is 9.15 Å². The van der Waals surface area contributed by atoms with Crippen LogP contribution in [0.1, 0.15) is 26.6 Å². The average Bonchev–Trinajstić information content (AvgIpc) is 3.14. The number of hydrogen-bond acceptors (Lipinski definition) is 4. The van der Waals surface area contributed by atoms with Crippen LogP contribution in [0, 0.1) is 13.8 Å². The lowest BCUT2D eigenvalue weighted by Gasteiger charge is -2.24. The molecular formula is C16H21N2O3S+. The quantitative estimate of drug-likeness (QED) is 0.900. The summed E-state index contributed by atoms with van der Waals surface area (Å²) in [6, 6.07) is 3.40. The molecule has 5 nitrogen and oxygen atoms in total. The molecule has 0 radical (unpaired) electrons. The number of thiophene rings is 1. The van der Waals surface area contributed by atoms with E-state index >= 15 is 0 Å². The molecule has 1 amide bonds. The maximum atomic E-state index is 12.2. The van der Waals surface area contributed by atoms with Crippen molar-refractivity contribution in [1.82, 2.24) is 0 Å². The predicted octanol–water partition coefficient (Wildman–Crippen LogP) is 1.63. The third-order valence-electron chi connectivity index (χ3n) is 4.11. The van der Waals surface area contributed by atoms with Crippen molar-refractivity contribution in [3.8, 4) is 0 Å². The van der Waals surface area contributed by atoms with Crippen LogP contribution >= 0.6 is 11.3 Å².